The van der Waals surface area contributed by atoms with Crippen molar-refractivity contribution in [2.75, 3.05) is 4.90 Å². The van der Waals surface area contributed by atoms with Crippen molar-refractivity contribution >= 4 is 51.9 Å². The van der Waals surface area contributed by atoms with Crippen molar-refractivity contribution in [3.63, 3.8) is 0 Å². The largest absolute Gasteiger partial charge is 0.508 e. The van der Waals surface area contributed by atoms with E-state index >= 15 is 0 Å². The van der Waals surface area contributed by atoms with Crippen molar-refractivity contribution in [1.29, 1.82) is 0 Å². The summed E-state index contributed by atoms with van der Waals surface area (Å²) in [5, 5.41) is 10.6. The molecule has 0 radical (unpaired) electrons. The maximum atomic E-state index is 13.1. The molecule has 3 aromatic rings. The number of amides is 1. The maximum Gasteiger partial charge on any atom is 0.271 e. The van der Waals surface area contributed by atoms with Gasteiger partial charge in [-0.05, 0) is 53.7 Å². The number of para-hydroxylation sites is 1. The van der Waals surface area contributed by atoms with Gasteiger partial charge in [-0.1, -0.05) is 41.9 Å². The molecule has 0 saturated carbocycles. The molecule has 138 valence electrons. The number of phenols is 1. The van der Waals surface area contributed by atoms with E-state index in [1.165, 1.54) is 18.0 Å². The van der Waals surface area contributed by atoms with E-state index in [0.29, 0.717) is 26.5 Å². The Hall–Kier alpha value is -3.09. The van der Waals surface area contributed by atoms with Gasteiger partial charge in [0.25, 0.3) is 5.91 Å². The van der Waals surface area contributed by atoms with Crippen LogP contribution in [0.1, 0.15) is 5.56 Å². The molecule has 0 aliphatic carbocycles. The van der Waals surface area contributed by atoms with Crippen molar-refractivity contribution in [3.8, 4) is 5.75 Å². The molecule has 0 unspecified atom stereocenters. The molecule has 1 aliphatic rings. The highest BCUT2D eigenvalue weighted by Gasteiger charge is 2.34. The number of aromatic hydroxyl groups is 1. The molecule has 0 bridgehead atoms. The van der Waals surface area contributed by atoms with Crippen LogP contribution in [0.3, 0.4) is 0 Å². The molecule has 1 N–H and O–H groups in total. The topological polar surface area (TPSA) is 65.8 Å². The molecule has 0 atom stereocenters. The number of carbonyl (C=O) groups is 1. The maximum absolute atomic E-state index is 13.1. The average Bonchev–Trinajstić information content (AvgIpc) is 2.99. The first-order valence-electron chi connectivity index (χ1n) is 8.38. The van der Waals surface area contributed by atoms with E-state index in [9.17, 15) is 9.90 Å². The Morgan fingerprint density at radius 1 is 1.11 bits per heavy atom. The molecule has 1 amide bonds. The van der Waals surface area contributed by atoms with E-state index in [0.717, 1.165) is 5.56 Å². The van der Waals surface area contributed by atoms with Crippen molar-refractivity contribution in [1.82, 2.24) is 4.98 Å². The lowest BCUT2D eigenvalue weighted by Crippen LogP contribution is -2.28. The molecule has 1 saturated heterocycles. The number of halogens is 1. The van der Waals surface area contributed by atoms with Crippen molar-refractivity contribution < 1.29 is 9.90 Å². The number of pyridine rings is 1. The Labute approximate surface area is 171 Å². The van der Waals surface area contributed by atoms with Crippen molar-refractivity contribution in [2.24, 2.45) is 4.99 Å². The van der Waals surface area contributed by atoms with Gasteiger partial charge in [-0.15, -0.1) is 0 Å². The van der Waals surface area contributed by atoms with Crippen LogP contribution in [-0.4, -0.2) is 21.2 Å². The summed E-state index contributed by atoms with van der Waals surface area (Å²) in [6.07, 6.45) is 4.85. The normalized spacial score (nSPS) is 16.9. The number of anilines is 1. The number of aromatic nitrogens is 1. The van der Waals surface area contributed by atoms with E-state index in [4.69, 9.17) is 11.6 Å². The quantitative estimate of drug-likeness (QED) is 0.602. The SMILES string of the molecule is O=C1/C(=C/c2cccc(O)c2)SC(=Nc2ccncc2Cl)N1c1ccccc1. The molecule has 2 heterocycles. The summed E-state index contributed by atoms with van der Waals surface area (Å²) in [5.41, 5.74) is 1.97. The lowest BCUT2D eigenvalue weighted by molar-refractivity contribution is -0.113. The molecule has 1 fully saturated rings. The van der Waals surface area contributed by atoms with Gasteiger partial charge < -0.3 is 5.11 Å². The van der Waals surface area contributed by atoms with Crippen LogP contribution in [0.15, 0.2) is 83.0 Å². The fourth-order valence-corrected chi connectivity index (χ4v) is 3.84. The predicted octanol–water partition coefficient (Wildman–Crippen LogP) is 5.25. The van der Waals surface area contributed by atoms with E-state index < -0.39 is 0 Å². The Morgan fingerprint density at radius 3 is 2.68 bits per heavy atom. The number of benzene rings is 2. The van der Waals surface area contributed by atoms with E-state index in [2.05, 4.69) is 9.98 Å². The number of rotatable bonds is 3. The van der Waals surface area contributed by atoms with Gasteiger partial charge in [0.2, 0.25) is 0 Å². The standard InChI is InChI=1S/C21H14ClN3O2S/c22-17-13-23-10-9-18(17)24-21-25(15-6-2-1-3-7-15)20(27)19(28-21)12-14-5-4-8-16(26)11-14/h1-13,26H/b19-12-,24-21?. The average molecular weight is 408 g/mol. The van der Waals surface area contributed by atoms with Crippen molar-refractivity contribution in [3.05, 3.63) is 88.5 Å². The zero-order valence-electron chi connectivity index (χ0n) is 14.5. The van der Waals surface area contributed by atoms with Gasteiger partial charge in [0, 0.05) is 12.4 Å². The van der Waals surface area contributed by atoms with Crippen LogP contribution in [0, 0.1) is 0 Å². The molecule has 1 aliphatic heterocycles. The van der Waals surface area contributed by atoms with Gasteiger partial charge in [-0.3, -0.25) is 14.7 Å². The van der Waals surface area contributed by atoms with Crippen LogP contribution >= 0.6 is 23.4 Å². The number of amidine groups is 1. The fourth-order valence-electron chi connectivity index (χ4n) is 2.68. The molecule has 7 heteroatoms. The third-order valence-electron chi connectivity index (χ3n) is 3.96. The molecule has 0 spiro atoms. The monoisotopic (exact) mass is 407 g/mol. The lowest BCUT2D eigenvalue weighted by Gasteiger charge is -2.15. The Kier molecular flexibility index (Phi) is 5.14. The summed E-state index contributed by atoms with van der Waals surface area (Å²) in [5.74, 6) is -0.0503. The molecular formula is C21H14ClN3O2S. The van der Waals surface area contributed by atoms with Crippen molar-refractivity contribution in [2.45, 2.75) is 0 Å². The number of nitrogens with zero attached hydrogens (tertiary/aromatic N) is 3. The second-order valence-corrected chi connectivity index (χ2v) is 7.32. The van der Waals surface area contributed by atoms with Gasteiger partial charge in [0.1, 0.15) is 5.75 Å². The fraction of sp³-hybridized carbons (Fsp3) is 0. The minimum atomic E-state index is -0.191. The van der Waals surface area contributed by atoms with E-state index in [1.54, 1.807) is 41.4 Å². The Balaban J connectivity index is 1.79. The summed E-state index contributed by atoms with van der Waals surface area (Å²) in [4.78, 5) is 23.7. The van der Waals surface area contributed by atoms with Crippen LogP contribution in [0.2, 0.25) is 5.02 Å². The smallest absolute Gasteiger partial charge is 0.271 e. The van der Waals surface area contributed by atoms with E-state index in [1.807, 2.05) is 36.4 Å². The minimum absolute atomic E-state index is 0.141. The first kappa shape index (κ1) is 18.3. The molecule has 2 aromatic carbocycles. The third-order valence-corrected chi connectivity index (χ3v) is 5.22. The number of thioether (sulfide) groups is 1. The van der Waals surface area contributed by atoms with E-state index in [-0.39, 0.29) is 11.7 Å². The third kappa shape index (κ3) is 3.78. The molecule has 5 nitrogen and oxygen atoms in total. The minimum Gasteiger partial charge on any atom is -0.508 e. The lowest BCUT2D eigenvalue weighted by atomic mass is 10.2. The predicted molar refractivity (Wildman–Crippen MR) is 114 cm³/mol. The second-order valence-electron chi connectivity index (χ2n) is 5.90. The number of aliphatic imine (C=N–C) groups is 1. The highest BCUT2D eigenvalue weighted by atomic mass is 35.5. The van der Waals surface area contributed by atoms with Crippen LogP contribution < -0.4 is 4.90 Å². The number of hydrogen-bond acceptors (Lipinski definition) is 5. The molecule has 4 rings (SSSR count). The summed E-state index contributed by atoms with van der Waals surface area (Å²) in [7, 11) is 0. The van der Waals surface area contributed by atoms with Crippen LogP contribution in [-0.2, 0) is 4.79 Å². The van der Waals surface area contributed by atoms with Gasteiger partial charge in [0.15, 0.2) is 5.17 Å². The molecule has 28 heavy (non-hydrogen) atoms. The van der Waals surface area contributed by atoms with Gasteiger partial charge in [-0.25, -0.2) is 4.99 Å². The summed E-state index contributed by atoms with van der Waals surface area (Å²) < 4.78 is 0. The second kappa shape index (κ2) is 7.88. The zero-order chi connectivity index (χ0) is 19.5. The van der Waals surface area contributed by atoms with Crippen LogP contribution in [0.25, 0.3) is 6.08 Å². The molecular weight excluding hydrogens is 394 g/mol. The molecule has 1 aromatic heterocycles. The Morgan fingerprint density at radius 2 is 1.93 bits per heavy atom. The van der Waals surface area contributed by atoms with Crippen LogP contribution in [0.4, 0.5) is 11.4 Å². The van der Waals surface area contributed by atoms with Gasteiger partial charge in [0.05, 0.1) is 21.3 Å². The number of phenolic OH excluding ortho intramolecular Hbond substituents is 1. The first-order valence-corrected chi connectivity index (χ1v) is 9.57. The van der Waals surface area contributed by atoms with Gasteiger partial charge >= 0.3 is 0 Å². The zero-order valence-corrected chi connectivity index (χ0v) is 16.1. The number of carbonyl (C=O) groups excluding carboxylic acids is 1. The van der Waals surface area contributed by atoms with Gasteiger partial charge in [-0.2, -0.15) is 0 Å². The summed E-state index contributed by atoms with van der Waals surface area (Å²) in [6, 6.07) is 17.7. The number of hydrogen-bond donors (Lipinski definition) is 1. The first-order chi connectivity index (χ1) is 13.6. The Bertz CT molecular complexity index is 1100. The summed E-state index contributed by atoms with van der Waals surface area (Å²) in [6.45, 7) is 0. The summed E-state index contributed by atoms with van der Waals surface area (Å²) >= 11 is 7.44. The highest BCUT2D eigenvalue weighted by Crippen LogP contribution is 2.38. The highest BCUT2D eigenvalue weighted by molar-refractivity contribution is 8.19. The van der Waals surface area contributed by atoms with Crippen LogP contribution in [0.5, 0.6) is 5.75 Å².